The van der Waals surface area contributed by atoms with Crippen LogP contribution in [-0.4, -0.2) is 58.8 Å². The molecule has 0 saturated carbocycles. The molecule has 1 saturated heterocycles. The Balaban J connectivity index is 1.30. The second-order valence-electron chi connectivity index (χ2n) is 6.90. The second-order valence-corrected chi connectivity index (χ2v) is 6.90. The van der Waals surface area contributed by atoms with Crippen LogP contribution in [-0.2, 0) is 0 Å². The summed E-state index contributed by atoms with van der Waals surface area (Å²) in [5.41, 5.74) is 1.56. The first-order valence-electron chi connectivity index (χ1n) is 9.93. The first-order valence-corrected chi connectivity index (χ1v) is 9.93. The predicted molar refractivity (Wildman–Crippen MR) is 113 cm³/mol. The van der Waals surface area contributed by atoms with Gasteiger partial charge in [0.15, 0.2) is 0 Å². The molecule has 0 radical (unpaired) electrons. The first-order chi connectivity index (χ1) is 14.6. The molecule has 30 heavy (non-hydrogen) atoms. The minimum Gasteiger partial charge on any atom is -0.494 e. The van der Waals surface area contributed by atoms with E-state index in [4.69, 9.17) is 9.26 Å². The van der Waals surface area contributed by atoms with Crippen molar-refractivity contribution < 1.29 is 14.1 Å². The van der Waals surface area contributed by atoms with Crippen LogP contribution in [0.25, 0.3) is 11.4 Å². The number of piperazine rings is 1. The summed E-state index contributed by atoms with van der Waals surface area (Å²) in [7, 11) is 0. The molecule has 0 unspecified atom stereocenters. The molecule has 2 aromatic heterocycles. The summed E-state index contributed by atoms with van der Waals surface area (Å²) in [6.45, 7) is 6.98. The van der Waals surface area contributed by atoms with Crippen LogP contribution in [0.1, 0.15) is 12.8 Å². The monoisotopic (exact) mass is 408 g/mol. The highest BCUT2D eigenvalue weighted by atomic mass is 16.5. The lowest BCUT2D eigenvalue weighted by Crippen LogP contribution is -2.50. The van der Waals surface area contributed by atoms with E-state index in [1.165, 1.54) is 0 Å². The molecule has 9 nitrogen and oxygen atoms in total. The highest BCUT2D eigenvalue weighted by Gasteiger charge is 2.22. The zero-order valence-electron chi connectivity index (χ0n) is 17.0. The smallest absolute Gasteiger partial charge is 0.321 e. The van der Waals surface area contributed by atoms with Crippen molar-refractivity contribution in [1.29, 1.82) is 0 Å². The average molecular weight is 408 g/mol. The van der Waals surface area contributed by atoms with E-state index in [0.717, 1.165) is 22.8 Å². The van der Waals surface area contributed by atoms with E-state index < -0.39 is 0 Å². The molecule has 3 heterocycles. The normalized spacial score (nSPS) is 13.9. The van der Waals surface area contributed by atoms with Gasteiger partial charge in [-0.3, -0.25) is 0 Å². The van der Waals surface area contributed by atoms with Crippen LogP contribution in [0.4, 0.5) is 16.3 Å². The lowest BCUT2D eigenvalue weighted by molar-refractivity contribution is 0.208. The fourth-order valence-electron chi connectivity index (χ4n) is 3.26. The number of nitrogens with one attached hydrogen (secondary N) is 1. The van der Waals surface area contributed by atoms with Crippen LogP contribution in [0.5, 0.6) is 5.75 Å². The van der Waals surface area contributed by atoms with Crippen LogP contribution in [0.15, 0.2) is 47.1 Å². The summed E-state index contributed by atoms with van der Waals surface area (Å²) in [5.74, 6) is 2.71. The van der Waals surface area contributed by atoms with Crippen LogP contribution in [0.3, 0.4) is 0 Å². The van der Waals surface area contributed by atoms with Crippen molar-refractivity contribution in [3.63, 3.8) is 0 Å². The lowest BCUT2D eigenvalue weighted by Gasteiger charge is -2.35. The third-order valence-electron chi connectivity index (χ3n) is 4.84. The van der Waals surface area contributed by atoms with Crippen molar-refractivity contribution in [1.82, 2.24) is 20.0 Å². The van der Waals surface area contributed by atoms with Gasteiger partial charge in [0.25, 0.3) is 0 Å². The summed E-state index contributed by atoms with van der Waals surface area (Å²) in [6.07, 6.45) is 1.74. The van der Waals surface area contributed by atoms with Gasteiger partial charge in [-0.05, 0) is 43.3 Å². The van der Waals surface area contributed by atoms with Crippen molar-refractivity contribution in [2.75, 3.05) is 43.0 Å². The standard InChI is InChI=1S/C21H24N6O3/c1-3-29-18-7-5-17(6-8-18)24-21(28)27-12-10-26(11-13-27)19-9-4-16(14-22-19)20-23-15(2)30-25-20/h4-9,14H,3,10-13H2,1-2H3,(H,24,28). The number of carbonyl (C=O) groups is 1. The van der Waals surface area contributed by atoms with Crippen molar-refractivity contribution in [2.24, 2.45) is 0 Å². The number of carbonyl (C=O) groups excluding carboxylic acids is 1. The summed E-state index contributed by atoms with van der Waals surface area (Å²) >= 11 is 0. The van der Waals surface area contributed by atoms with Gasteiger partial charge in [0.1, 0.15) is 11.6 Å². The Kier molecular flexibility index (Phi) is 5.78. The van der Waals surface area contributed by atoms with Crippen molar-refractivity contribution in [2.45, 2.75) is 13.8 Å². The Bertz CT molecular complexity index is 979. The zero-order valence-corrected chi connectivity index (χ0v) is 17.0. The molecule has 0 bridgehead atoms. The largest absolute Gasteiger partial charge is 0.494 e. The van der Waals surface area contributed by atoms with Crippen LogP contribution in [0, 0.1) is 6.92 Å². The van der Waals surface area contributed by atoms with Gasteiger partial charge >= 0.3 is 6.03 Å². The van der Waals surface area contributed by atoms with Gasteiger partial charge in [-0.15, -0.1) is 0 Å². The van der Waals surface area contributed by atoms with Crippen LogP contribution >= 0.6 is 0 Å². The van der Waals surface area contributed by atoms with E-state index in [2.05, 4.69) is 25.3 Å². The van der Waals surface area contributed by atoms with E-state index in [-0.39, 0.29) is 6.03 Å². The SMILES string of the molecule is CCOc1ccc(NC(=O)N2CCN(c3ccc(-c4noc(C)n4)cn3)CC2)cc1. The number of anilines is 2. The fraction of sp³-hybridized carbons (Fsp3) is 0.333. The lowest BCUT2D eigenvalue weighted by atomic mass is 10.2. The van der Waals surface area contributed by atoms with E-state index in [0.29, 0.717) is 44.5 Å². The molecule has 1 aliphatic heterocycles. The fourth-order valence-corrected chi connectivity index (χ4v) is 3.26. The van der Waals surface area contributed by atoms with Gasteiger partial charge in [0.05, 0.1) is 6.61 Å². The highest BCUT2D eigenvalue weighted by molar-refractivity contribution is 5.89. The number of hydrogen-bond donors (Lipinski definition) is 1. The van der Waals surface area contributed by atoms with E-state index in [1.807, 2.05) is 48.2 Å². The van der Waals surface area contributed by atoms with Gasteiger partial charge in [0, 0.05) is 50.6 Å². The van der Waals surface area contributed by atoms with Crippen LogP contribution < -0.4 is 15.0 Å². The number of aromatic nitrogens is 3. The molecule has 4 rings (SSSR count). The summed E-state index contributed by atoms with van der Waals surface area (Å²) in [4.78, 5) is 25.3. The third-order valence-corrected chi connectivity index (χ3v) is 4.84. The highest BCUT2D eigenvalue weighted by Crippen LogP contribution is 2.20. The Morgan fingerprint density at radius 2 is 1.90 bits per heavy atom. The number of nitrogens with zero attached hydrogens (tertiary/aromatic N) is 5. The molecule has 1 fully saturated rings. The molecule has 0 aliphatic carbocycles. The minimum atomic E-state index is -0.102. The van der Waals surface area contributed by atoms with Gasteiger partial charge in [-0.2, -0.15) is 4.98 Å². The van der Waals surface area contributed by atoms with Gasteiger partial charge in [-0.1, -0.05) is 5.16 Å². The predicted octanol–water partition coefficient (Wildman–Crippen LogP) is 3.19. The molecular formula is C21H24N6O3. The number of amides is 2. The first kappa shape index (κ1) is 19.7. The molecule has 1 aromatic carbocycles. The number of hydrogen-bond acceptors (Lipinski definition) is 7. The van der Waals surface area contributed by atoms with Gasteiger partial charge in [0.2, 0.25) is 11.7 Å². The number of pyridine rings is 1. The Hall–Kier alpha value is -3.62. The second kappa shape index (κ2) is 8.81. The molecule has 0 atom stereocenters. The summed E-state index contributed by atoms with van der Waals surface area (Å²) < 4.78 is 10.4. The minimum absolute atomic E-state index is 0.102. The molecule has 3 aromatic rings. The number of rotatable bonds is 5. The topological polar surface area (TPSA) is 96.6 Å². The average Bonchev–Trinajstić information content (AvgIpc) is 3.22. The summed E-state index contributed by atoms with van der Waals surface area (Å²) in [6, 6.07) is 11.2. The van der Waals surface area contributed by atoms with E-state index in [9.17, 15) is 4.79 Å². The van der Waals surface area contributed by atoms with Crippen molar-refractivity contribution >= 4 is 17.5 Å². The maximum Gasteiger partial charge on any atom is 0.321 e. The van der Waals surface area contributed by atoms with E-state index in [1.54, 1.807) is 13.1 Å². The third kappa shape index (κ3) is 4.51. The molecule has 2 amide bonds. The van der Waals surface area contributed by atoms with E-state index >= 15 is 0 Å². The number of aryl methyl sites for hydroxylation is 1. The maximum absolute atomic E-state index is 12.6. The number of benzene rings is 1. The number of ether oxygens (including phenoxy) is 1. The number of urea groups is 1. The molecule has 1 aliphatic rings. The maximum atomic E-state index is 12.6. The molecule has 1 N–H and O–H groups in total. The Morgan fingerprint density at radius 1 is 1.13 bits per heavy atom. The molecule has 0 spiro atoms. The van der Waals surface area contributed by atoms with Crippen molar-refractivity contribution in [3.8, 4) is 17.1 Å². The molecule has 9 heteroatoms. The Morgan fingerprint density at radius 3 is 2.50 bits per heavy atom. The van der Waals surface area contributed by atoms with Gasteiger partial charge < -0.3 is 24.4 Å². The molecule has 156 valence electrons. The van der Waals surface area contributed by atoms with Crippen molar-refractivity contribution in [3.05, 3.63) is 48.5 Å². The van der Waals surface area contributed by atoms with Gasteiger partial charge in [-0.25, -0.2) is 9.78 Å². The molecular weight excluding hydrogens is 384 g/mol. The quantitative estimate of drug-likeness (QED) is 0.692. The Labute approximate surface area is 174 Å². The van der Waals surface area contributed by atoms with Crippen LogP contribution in [0.2, 0.25) is 0 Å². The summed E-state index contributed by atoms with van der Waals surface area (Å²) in [5, 5.41) is 6.85. The zero-order chi connectivity index (χ0) is 20.9.